The van der Waals surface area contributed by atoms with E-state index in [4.69, 9.17) is 5.11 Å². The Bertz CT molecular complexity index is 490. The SMILES string of the molecule is O=C(Nc1nnc(C(F)(F)F)s1)N(CCCCO)C1CC1. The van der Waals surface area contributed by atoms with Gasteiger partial charge in [0.05, 0.1) is 0 Å². The number of nitrogens with zero attached hydrogens (tertiary/aromatic N) is 3. The van der Waals surface area contributed by atoms with Crippen LogP contribution >= 0.6 is 11.3 Å². The summed E-state index contributed by atoms with van der Waals surface area (Å²) in [5.74, 6) is 0. The molecule has 1 saturated carbocycles. The van der Waals surface area contributed by atoms with Gasteiger partial charge in [-0.25, -0.2) is 4.79 Å². The number of carbonyl (C=O) groups excluding carboxylic acids is 1. The molecule has 10 heteroatoms. The van der Waals surface area contributed by atoms with E-state index in [2.05, 4.69) is 15.5 Å². The first-order valence-corrected chi connectivity index (χ1v) is 7.32. The minimum atomic E-state index is -4.56. The van der Waals surface area contributed by atoms with E-state index in [1.807, 2.05) is 0 Å². The third-order valence-corrected chi connectivity index (χ3v) is 3.82. The number of rotatable bonds is 6. The molecule has 1 aromatic rings. The molecular weight excluding hydrogens is 309 g/mol. The molecule has 2 N–H and O–H groups in total. The molecule has 0 saturated heterocycles. The van der Waals surface area contributed by atoms with Crippen molar-refractivity contribution < 1.29 is 23.1 Å². The van der Waals surface area contributed by atoms with Crippen LogP contribution in [0.25, 0.3) is 0 Å². The fraction of sp³-hybridized carbons (Fsp3) is 0.727. The third kappa shape index (κ3) is 4.53. The maximum atomic E-state index is 12.4. The van der Waals surface area contributed by atoms with E-state index in [-0.39, 0.29) is 17.8 Å². The normalized spacial score (nSPS) is 15.0. The number of aromatic nitrogens is 2. The Balaban J connectivity index is 1.93. The smallest absolute Gasteiger partial charge is 0.396 e. The van der Waals surface area contributed by atoms with Gasteiger partial charge in [-0.1, -0.05) is 11.3 Å². The number of hydrogen-bond acceptors (Lipinski definition) is 5. The molecule has 0 aliphatic heterocycles. The number of aliphatic hydroxyl groups is 1. The Morgan fingerprint density at radius 1 is 1.38 bits per heavy atom. The summed E-state index contributed by atoms with van der Waals surface area (Å²) in [7, 11) is 0. The molecule has 0 radical (unpaired) electrons. The molecule has 1 aliphatic rings. The van der Waals surface area contributed by atoms with Gasteiger partial charge in [0.1, 0.15) is 0 Å². The fourth-order valence-corrected chi connectivity index (χ4v) is 2.38. The van der Waals surface area contributed by atoms with Crippen LogP contribution in [0.1, 0.15) is 30.7 Å². The maximum Gasteiger partial charge on any atom is 0.445 e. The molecule has 21 heavy (non-hydrogen) atoms. The minimum Gasteiger partial charge on any atom is -0.396 e. The van der Waals surface area contributed by atoms with Gasteiger partial charge in [0.25, 0.3) is 0 Å². The van der Waals surface area contributed by atoms with Gasteiger partial charge in [-0.2, -0.15) is 13.2 Å². The largest absolute Gasteiger partial charge is 0.445 e. The van der Waals surface area contributed by atoms with Gasteiger partial charge in [0.15, 0.2) is 0 Å². The number of aliphatic hydroxyl groups excluding tert-OH is 1. The highest BCUT2D eigenvalue weighted by Gasteiger charge is 2.36. The number of urea groups is 1. The Morgan fingerprint density at radius 2 is 2.10 bits per heavy atom. The van der Waals surface area contributed by atoms with Crippen LogP contribution in [0.3, 0.4) is 0 Å². The highest BCUT2D eigenvalue weighted by Crippen LogP contribution is 2.33. The highest BCUT2D eigenvalue weighted by atomic mass is 32.1. The minimum absolute atomic E-state index is 0.0471. The van der Waals surface area contributed by atoms with Crippen molar-refractivity contribution >= 4 is 22.5 Å². The Hall–Kier alpha value is -1.42. The topological polar surface area (TPSA) is 78.4 Å². The average Bonchev–Trinajstić information content (AvgIpc) is 3.12. The first kappa shape index (κ1) is 16.0. The first-order valence-electron chi connectivity index (χ1n) is 6.51. The second-order valence-corrected chi connectivity index (χ2v) is 5.67. The first-order chi connectivity index (χ1) is 9.91. The van der Waals surface area contributed by atoms with Crippen molar-refractivity contribution in [2.45, 2.75) is 37.9 Å². The highest BCUT2D eigenvalue weighted by molar-refractivity contribution is 7.15. The molecule has 0 atom stereocenters. The van der Waals surface area contributed by atoms with Crippen LogP contribution in [0, 0.1) is 0 Å². The van der Waals surface area contributed by atoms with Gasteiger partial charge in [-0.3, -0.25) is 5.32 Å². The molecule has 0 aromatic carbocycles. The number of amides is 2. The van der Waals surface area contributed by atoms with Crippen LogP contribution in [-0.2, 0) is 6.18 Å². The lowest BCUT2D eigenvalue weighted by Gasteiger charge is -2.21. The molecule has 2 rings (SSSR count). The Morgan fingerprint density at radius 3 is 2.62 bits per heavy atom. The molecule has 6 nitrogen and oxygen atoms in total. The predicted octanol–water partition coefficient (Wildman–Crippen LogP) is 2.33. The summed E-state index contributed by atoms with van der Waals surface area (Å²) >= 11 is 0.300. The Kier molecular flexibility index (Phi) is 4.99. The van der Waals surface area contributed by atoms with Crippen LogP contribution in [0.5, 0.6) is 0 Å². The number of hydrogen-bond donors (Lipinski definition) is 2. The molecule has 0 bridgehead atoms. The lowest BCUT2D eigenvalue weighted by Crippen LogP contribution is -2.37. The van der Waals surface area contributed by atoms with Crippen molar-refractivity contribution in [1.29, 1.82) is 0 Å². The van der Waals surface area contributed by atoms with Crippen molar-refractivity contribution in [2.24, 2.45) is 0 Å². The zero-order chi connectivity index (χ0) is 15.5. The molecular formula is C11H15F3N4O2S. The fourth-order valence-electron chi connectivity index (χ4n) is 1.78. The van der Waals surface area contributed by atoms with Gasteiger partial charge in [0, 0.05) is 19.2 Å². The van der Waals surface area contributed by atoms with Crippen molar-refractivity contribution in [1.82, 2.24) is 15.1 Å². The summed E-state index contributed by atoms with van der Waals surface area (Å²) in [6.07, 6.45) is -1.57. The molecule has 0 spiro atoms. The van der Waals surface area contributed by atoms with Crippen LogP contribution in [0.2, 0.25) is 0 Å². The summed E-state index contributed by atoms with van der Waals surface area (Å²) in [6, 6.07) is -0.348. The zero-order valence-corrected chi connectivity index (χ0v) is 11.9. The van der Waals surface area contributed by atoms with E-state index in [0.29, 0.717) is 30.7 Å². The number of nitrogens with one attached hydrogen (secondary N) is 1. The van der Waals surface area contributed by atoms with Crippen LogP contribution in [0.15, 0.2) is 0 Å². The van der Waals surface area contributed by atoms with Crippen molar-refractivity contribution in [2.75, 3.05) is 18.5 Å². The third-order valence-electron chi connectivity index (χ3n) is 2.94. The zero-order valence-electron chi connectivity index (χ0n) is 11.1. The standard InChI is InChI=1S/C11H15F3N4O2S/c12-11(13,14)8-16-17-9(21-8)15-10(20)18(7-3-4-7)5-1-2-6-19/h7,19H,1-6H2,(H,15,17,20). The molecule has 1 aliphatic carbocycles. The van der Waals surface area contributed by atoms with E-state index in [1.165, 1.54) is 0 Å². The second kappa shape index (κ2) is 6.56. The lowest BCUT2D eigenvalue weighted by molar-refractivity contribution is -0.138. The summed E-state index contributed by atoms with van der Waals surface area (Å²) in [5, 5.41) is 16.2. The number of unbranched alkanes of at least 4 members (excludes halogenated alkanes) is 1. The van der Waals surface area contributed by atoms with Crippen molar-refractivity contribution in [3.8, 4) is 0 Å². The van der Waals surface area contributed by atoms with Crippen LogP contribution in [0.4, 0.5) is 23.1 Å². The van der Waals surface area contributed by atoms with Crippen LogP contribution < -0.4 is 5.32 Å². The summed E-state index contributed by atoms with van der Waals surface area (Å²) < 4.78 is 37.2. The van der Waals surface area contributed by atoms with Crippen molar-refractivity contribution in [3.63, 3.8) is 0 Å². The van der Waals surface area contributed by atoms with Crippen LogP contribution in [-0.4, -0.2) is 45.4 Å². The van der Waals surface area contributed by atoms with E-state index >= 15 is 0 Å². The Labute approximate surface area is 123 Å². The van der Waals surface area contributed by atoms with Gasteiger partial charge in [-0.05, 0) is 25.7 Å². The van der Waals surface area contributed by atoms with E-state index in [0.717, 1.165) is 12.8 Å². The van der Waals surface area contributed by atoms with Gasteiger partial charge >= 0.3 is 12.2 Å². The summed E-state index contributed by atoms with van der Waals surface area (Å²) in [5.41, 5.74) is 0. The number of halogens is 3. The van der Waals surface area contributed by atoms with Gasteiger partial charge < -0.3 is 10.0 Å². The molecule has 1 fully saturated rings. The molecule has 0 unspecified atom stereocenters. The van der Waals surface area contributed by atoms with Crippen molar-refractivity contribution in [3.05, 3.63) is 5.01 Å². The quantitative estimate of drug-likeness (QED) is 0.787. The molecule has 1 aromatic heterocycles. The van der Waals surface area contributed by atoms with Gasteiger partial charge in [0.2, 0.25) is 10.1 Å². The van der Waals surface area contributed by atoms with Gasteiger partial charge in [-0.15, -0.1) is 10.2 Å². The van der Waals surface area contributed by atoms with E-state index in [1.54, 1.807) is 4.90 Å². The second-order valence-electron chi connectivity index (χ2n) is 4.70. The molecule has 2 amide bonds. The maximum absolute atomic E-state index is 12.4. The predicted molar refractivity (Wildman–Crippen MR) is 70.0 cm³/mol. The average molecular weight is 324 g/mol. The number of alkyl halides is 3. The summed E-state index contributed by atoms with van der Waals surface area (Å²) in [4.78, 5) is 13.6. The molecule has 118 valence electrons. The number of anilines is 1. The summed E-state index contributed by atoms with van der Waals surface area (Å²) in [6.45, 7) is 0.507. The lowest BCUT2D eigenvalue weighted by atomic mass is 10.3. The van der Waals surface area contributed by atoms with E-state index < -0.39 is 17.2 Å². The monoisotopic (exact) mass is 324 g/mol. The van der Waals surface area contributed by atoms with E-state index in [9.17, 15) is 18.0 Å². The number of carbonyl (C=O) groups is 1. The molecule has 1 heterocycles.